The van der Waals surface area contributed by atoms with Crippen molar-refractivity contribution in [3.8, 4) is 0 Å². The zero-order chi connectivity index (χ0) is 20.5. The van der Waals surface area contributed by atoms with Crippen molar-refractivity contribution in [1.82, 2.24) is 5.32 Å². The third-order valence-electron chi connectivity index (χ3n) is 10.9. The zero-order valence-electron chi connectivity index (χ0n) is 19.2. The van der Waals surface area contributed by atoms with E-state index in [1.807, 2.05) is 0 Å². The van der Waals surface area contributed by atoms with Crippen molar-refractivity contribution >= 4 is 0 Å². The van der Waals surface area contributed by atoms with Crippen LogP contribution in [-0.2, 0) is 0 Å². The number of rotatable bonds is 5. The Labute approximate surface area is 178 Å². The van der Waals surface area contributed by atoms with Gasteiger partial charge in [0.1, 0.15) is 0 Å². The van der Waals surface area contributed by atoms with Crippen LogP contribution in [0, 0.1) is 34.0 Å². The van der Waals surface area contributed by atoms with Gasteiger partial charge in [-0.25, -0.2) is 0 Å². The molecule has 0 aromatic heterocycles. The summed E-state index contributed by atoms with van der Waals surface area (Å²) in [5.74, 6) is 1.86. The highest BCUT2D eigenvalue weighted by Gasteiger charge is 2.78. The van der Waals surface area contributed by atoms with Gasteiger partial charge in [0.05, 0.1) is 11.7 Å². The summed E-state index contributed by atoms with van der Waals surface area (Å²) in [7, 11) is 2.15. The van der Waals surface area contributed by atoms with Gasteiger partial charge in [-0.15, -0.1) is 0 Å². The molecule has 6 aliphatic carbocycles. The molecule has 0 aromatic carbocycles. The quantitative estimate of drug-likeness (QED) is 0.564. The maximum Gasteiger partial charge on any atom is 0.0713 e. The van der Waals surface area contributed by atoms with E-state index in [2.05, 4.69) is 26.2 Å². The number of hydrogen-bond acceptors (Lipinski definition) is 3. The van der Waals surface area contributed by atoms with E-state index >= 15 is 0 Å². The second-order valence-corrected chi connectivity index (χ2v) is 12.5. The Balaban J connectivity index is 1.52. The van der Waals surface area contributed by atoms with Gasteiger partial charge in [-0.05, 0) is 93.4 Å². The fraction of sp³-hybridized carbons (Fsp3) is 1.00. The lowest BCUT2D eigenvalue weighted by atomic mass is 9.36. The molecule has 0 heterocycles. The molecule has 0 saturated heterocycles. The van der Waals surface area contributed by atoms with E-state index in [1.54, 1.807) is 0 Å². The molecule has 6 fully saturated rings. The first-order chi connectivity index (χ1) is 13.8. The van der Waals surface area contributed by atoms with Crippen LogP contribution in [0.2, 0.25) is 0 Å². The summed E-state index contributed by atoms with van der Waals surface area (Å²) in [4.78, 5) is 0. The number of fused-ring (bicyclic) bond motifs is 4. The van der Waals surface area contributed by atoms with Crippen molar-refractivity contribution in [2.45, 2.75) is 121 Å². The number of aliphatic hydroxyl groups excluding tert-OH is 1. The lowest BCUT2D eigenvalue weighted by Crippen LogP contribution is -2.69. The maximum absolute atomic E-state index is 12.2. The first-order valence-electron chi connectivity index (χ1n) is 12.9. The number of hydrogen-bond donors (Lipinski definition) is 3. The molecular weight excluding hydrogens is 358 g/mol. The molecular formula is C26H45NO2. The van der Waals surface area contributed by atoms with Crippen molar-refractivity contribution in [3.63, 3.8) is 0 Å². The third kappa shape index (κ3) is 2.79. The maximum atomic E-state index is 12.2. The smallest absolute Gasteiger partial charge is 0.0713 e. The molecule has 4 bridgehead atoms. The van der Waals surface area contributed by atoms with E-state index in [-0.39, 0.29) is 22.3 Å². The minimum Gasteiger partial charge on any atom is -0.393 e. The molecule has 9 unspecified atom stereocenters. The van der Waals surface area contributed by atoms with Crippen LogP contribution >= 0.6 is 0 Å². The average Bonchev–Trinajstić information content (AvgIpc) is 2.86. The minimum atomic E-state index is -0.541. The standard InChI is InChI=1S/C26H45NO2/c1-4-5-6-8-18-13-19-20(27-3)9-12-25-17-24(19,14-18)22(25)21(28)15-23(2)10-7-11-26(25,29)16-23/h18-22,27-29H,4-17H2,1-3H3. The highest BCUT2D eigenvalue weighted by atomic mass is 16.3. The number of aliphatic hydroxyl groups is 2. The summed E-state index contributed by atoms with van der Waals surface area (Å²) in [6, 6.07) is 0.572. The molecule has 6 aliphatic rings. The molecule has 0 radical (unpaired) electrons. The lowest BCUT2D eigenvalue weighted by molar-refractivity contribution is -0.270. The molecule has 0 aromatic rings. The van der Waals surface area contributed by atoms with Crippen LogP contribution in [-0.4, -0.2) is 35.0 Å². The molecule has 29 heavy (non-hydrogen) atoms. The van der Waals surface area contributed by atoms with Crippen molar-refractivity contribution in [3.05, 3.63) is 0 Å². The summed E-state index contributed by atoms with van der Waals surface area (Å²) < 4.78 is 0. The Kier molecular flexibility index (Phi) is 4.97. The molecule has 166 valence electrons. The Hall–Kier alpha value is -0.120. The SMILES string of the molecule is CCCCCC1CC2C(NC)CCC34CC2(C1)C3C(O)CC1(C)CCCC4(O)C1. The Morgan fingerprint density at radius 1 is 1.07 bits per heavy atom. The molecule has 6 saturated carbocycles. The largest absolute Gasteiger partial charge is 0.393 e. The monoisotopic (exact) mass is 403 g/mol. The summed E-state index contributed by atoms with van der Waals surface area (Å²) >= 11 is 0. The third-order valence-corrected chi connectivity index (χ3v) is 10.9. The van der Waals surface area contributed by atoms with E-state index in [0.717, 1.165) is 38.0 Å². The molecule has 0 amide bonds. The van der Waals surface area contributed by atoms with Crippen molar-refractivity contribution in [1.29, 1.82) is 0 Å². The minimum absolute atomic E-state index is 0.0211. The first-order valence-corrected chi connectivity index (χ1v) is 12.9. The fourth-order valence-corrected chi connectivity index (χ4v) is 10.2. The van der Waals surface area contributed by atoms with Crippen LogP contribution in [0.4, 0.5) is 0 Å². The van der Waals surface area contributed by atoms with Gasteiger partial charge < -0.3 is 15.5 Å². The van der Waals surface area contributed by atoms with E-state index in [1.165, 1.54) is 57.8 Å². The summed E-state index contributed by atoms with van der Waals surface area (Å²) in [5.41, 5.74) is -0.147. The van der Waals surface area contributed by atoms with Crippen molar-refractivity contribution < 1.29 is 10.2 Å². The molecule has 3 N–H and O–H groups in total. The van der Waals surface area contributed by atoms with Crippen LogP contribution in [0.15, 0.2) is 0 Å². The van der Waals surface area contributed by atoms with Gasteiger partial charge in [0.2, 0.25) is 0 Å². The topological polar surface area (TPSA) is 52.5 Å². The van der Waals surface area contributed by atoms with Crippen LogP contribution in [0.25, 0.3) is 0 Å². The van der Waals surface area contributed by atoms with Crippen molar-refractivity contribution in [2.24, 2.45) is 34.0 Å². The van der Waals surface area contributed by atoms with Gasteiger partial charge in [-0.1, -0.05) is 46.0 Å². The highest BCUT2D eigenvalue weighted by Crippen LogP contribution is 2.80. The average molecular weight is 404 g/mol. The van der Waals surface area contributed by atoms with Crippen LogP contribution in [0.1, 0.15) is 104 Å². The predicted molar refractivity (Wildman–Crippen MR) is 118 cm³/mol. The molecule has 3 nitrogen and oxygen atoms in total. The summed E-state index contributed by atoms with van der Waals surface area (Å²) in [6.07, 6.45) is 16.5. The van der Waals surface area contributed by atoms with Gasteiger partial charge >= 0.3 is 0 Å². The van der Waals surface area contributed by atoms with Crippen LogP contribution in [0.3, 0.4) is 0 Å². The molecule has 3 heteroatoms. The second-order valence-electron chi connectivity index (χ2n) is 12.5. The van der Waals surface area contributed by atoms with Gasteiger partial charge in [-0.2, -0.15) is 0 Å². The molecule has 6 rings (SSSR count). The molecule has 9 atom stereocenters. The lowest BCUT2D eigenvalue weighted by Gasteiger charge is -2.69. The molecule has 0 aliphatic heterocycles. The number of unbranched alkanes of at least 4 members (excludes halogenated alkanes) is 2. The Morgan fingerprint density at radius 3 is 2.66 bits per heavy atom. The van der Waals surface area contributed by atoms with Gasteiger partial charge in [0.25, 0.3) is 0 Å². The second kappa shape index (κ2) is 6.94. The van der Waals surface area contributed by atoms with Crippen LogP contribution in [0.5, 0.6) is 0 Å². The zero-order valence-corrected chi connectivity index (χ0v) is 19.2. The fourth-order valence-electron chi connectivity index (χ4n) is 10.2. The van der Waals surface area contributed by atoms with E-state index < -0.39 is 5.60 Å². The van der Waals surface area contributed by atoms with Crippen molar-refractivity contribution in [2.75, 3.05) is 7.05 Å². The Morgan fingerprint density at radius 2 is 1.90 bits per heavy atom. The van der Waals surface area contributed by atoms with E-state index in [4.69, 9.17) is 0 Å². The van der Waals surface area contributed by atoms with E-state index in [9.17, 15) is 10.2 Å². The van der Waals surface area contributed by atoms with Gasteiger partial charge in [0.15, 0.2) is 0 Å². The first kappa shape index (κ1) is 20.8. The predicted octanol–water partition coefficient (Wildman–Crippen LogP) is 5.04. The Bertz CT molecular complexity index is 638. The normalized spacial score (nSPS) is 56.0. The van der Waals surface area contributed by atoms with E-state index in [0.29, 0.717) is 17.9 Å². The van der Waals surface area contributed by atoms with Crippen LogP contribution < -0.4 is 5.32 Å². The summed E-state index contributed by atoms with van der Waals surface area (Å²) in [5, 5.41) is 27.6. The van der Waals surface area contributed by atoms with Gasteiger partial charge in [-0.3, -0.25) is 0 Å². The summed E-state index contributed by atoms with van der Waals surface area (Å²) in [6.45, 7) is 4.66. The highest BCUT2D eigenvalue weighted by molar-refractivity contribution is 5.27. The number of nitrogens with one attached hydrogen (secondary N) is 1. The van der Waals surface area contributed by atoms with Gasteiger partial charge in [0, 0.05) is 11.5 Å². The molecule has 2 spiro atoms.